The first kappa shape index (κ1) is 21.9. The zero-order valence-electron chi connectivity index (χ0n) is 17.6. The standard InChI is InChI=1S/C22H31NO5/c1-14(2)12-17(13-18(24)28-22(4,5)6)20(25)23-15(3)19(27-21(23)26)16-10-8-7-9-11-16/h7-11,14-15,17,19H,12-13H2,1-6H3/t15?,17-,19?/m0/s1. The van der Waals surface area contributed by atoms with Crippen molar-refractivity contribution in [3.63, 3.8) is 0 Å². The molecule has 0 spiro atoms. The van der Waals surface area contributed by atoms with Crippen molar-refractivity contribution < 1.29 is 23.9 Å². The van der Waals surface area contributed by atoms with Crippen LogP contribution in [0.4, 0.5) is 4.79 Å². The van der Waals surface area contributed by atoms with Crippen molar-refractivity contribution in [3.05, 3.63) is 35.9 Å². The summed E-state index contributed by atoms with van der Waals surface area (Å²) in [5, 5.41) is 0. The highest BCUT2D eigenvalue weighted by molar-refractivity contribution is 5.96. The highest BCUT2D eigenvalue weighted by Gasteiger charge is 2.45. The van der Waals surface area contributed by atoms with Gasteiger partial charge in [0, 0.05) is 5.92 Å². The molecule has 6 nitrogen and oxygen atoms in total. The van der Waals surface area contributed by atoms with Crippen LogP contribution in [0.5, 0.6) is 0 Å². The van der Waals surface area contributed by atoms with E-state index in [1.165, 1.54) is 0 Å². The summed E-state index contributed by atoms with van der Waals surface area (Å²) in [5.74, 6) is -1.25. The molecule has 2 unspecified atom stereocenters. The molecule has 1 heterocycles. The van der Waals surface area contributed by atoms with Gasteiger partial charge in [-0.1, -0.05) is 44.2 Å². The third-order valence-electron chi connectivity index (χ3n) is 4.57. The van der Waals surface area contributed by atoms with Gasteiger partial charge in [-0.3, -0.25) is 9.59 Å². The summed E-state index contributed by atoms with van der Waals surface area (Å²) in [6, 6.07) is 8.90. The van der Waals surface area contributed by atoms with E-state index in [1.807, 2.05) is 44.2 Å². The number of hydrogen-bond acceptors (Lipinski definition) is 5. The number of amides is 2. The van der Waals surface area contributed by atoms with Gasteiger partial charge in [-0.15, -0.1) is 0 Å². The lowest BCUT2D eigenvalue weighted by Gasteiger charge is -2.26. The van der Waals surface area contributed by atoms with E-state index in [0.29, 0.717) is 6.42 Å². The van der Waals surface area contributed by atoms with E-state index < -0.39 is 35.7 Å². The lowest BCUT2D eigenvalue weighted by Crippen LogP contribution is -2.43. The molecule has 0 aliphatic carbocycles. The fourth-order valence-corrected chi connectivity index (χ4v) is 3.47. The molecule has 1 fully saturated rings. The van der Waals surface area contributed by atoms with Gasteiger partial charge in [0.25, 0.3) is 0 Å². The Balaban J connectivity index is 2.18. The molecule has 0 radical (unpaired) electrons. The minimum absolute atomic E-state index is 0.0548. The second-order valence-corrected chi connectivity index (χ2v) is 8.78. The van der Waals surface area contributed by atoms with Crippen LogP contribution >= 0.6 is 0 Å². The maximum atomic E-state index is 13.2. The maximum Gasteiger partial charge on any atom is 0.417 e. The van der Waals surface area contributed by atoms with Crippen LogP contribution in [0.3, 0.4) is 0 Å². The van der Waals surface area contributed by atoms with E-state index >= 15 is 0 Å². The quantitative estimate of drug-likeness (QED) is 0.670. The summed E-state index contributed by atoms with van der Waals surface area (Å²) < 4.78 is 10.9. The topological polar surface area (TPSA) is 72.9 Å². The normalized spacial score (nSPS) is 20.8. The number of rotatable bonds is 6. The number of hydrogen-bond donors (Lipinski definition) is 0. The maximum absolute atomic E-state index is 13.2. The second kappa shape index (κ2) is 8.76. The summed E-state index contributed by atoms with van der Waals surface area (Å²) in [6.07, 6.45) is -0.742. The largest absolute Gasteiger partial charge is 0.460 e. The average Bonchev–Trinajstić information content (AvgIpc) is 2.87. The molecule has 154 valence electrons. The number of ether oxygens (including phenoxy) is 2. The molecule has 1 saturated heterocycles. The van der Waals surface area contributed by atoms with Crippen LogP contribution in [0.1, 0.15) is 66.1 Å². The van der Waals surface area contributed by atoms with Crippen LogP contribution in [-0.4, -0.2) is 34.5 Å². The van der Waals surface area contributed by atoms with Crippen LogP contribution in [0.15, 0.2) is 30.3 Å². The summed E-state index contributed by atoms with van der Waals surface area (Å²) >= 11 is 0. The molecule has 1 aromatic carbocycles. The molecule has 2 amide bonds. The van der Waals surface area contributed by atoms with Gasteiger partial charge >= 0.3 is 12.1 Å². The van der Waals surface area contributed by atoms with Gasteiger partial charge in [0.2, 0.25) is 5.91 Å². The molecule has 2 rings (SSSR count). The number of cyclic esters (lactones) is 1. The molecule has 1 aliphatic rings. The molecule has 6 heteroatoms. The zero-order valence-corrected chi connectivity index (χ0v) is 17.6. The van der Waals surface area contributed by atoms with Crippen molar-refractivity contribution in [2.45, 2.75) is 72.1 Å². The number of imide groups is 1. The Morgan fingerprint density at radius 3 is 2.32 bits per heavy atom. The Kier molecular flexibility index (Phi) is 6.86. The monoisotopic (exact) mass is 389 g/mol. The molecule has 28 heavy (non-hydrogen) atoms. The molecule has 0 saturated carbocycles. The summed E-state index contributed by atoms with van der Waals surface area (Å²) in [7, 11) is 0. The van der Waals surface area contributed by atoms with Crippen LogP contribution in [0, 0.1) is 11.8 Å². The number of esters is 1. The van der Waals surface area contributed by atoms with Crippen molar-refractivity contribution in [1.29, 1.82) is 0 Å². The van der Waals surface area contributed by atoms with Crippen molar-refractivity contribution in [3.8, 4) is 0 Å². The van der Waals surface area contributed by atoms with Crippen molar-refractivity contribution >= 4 is 18.0 Å². The molecular weight excluding hydrogens is 358 g/mol. The Morgan fingerprint density at radius 1 is 1.18 bits per heavy atom. The van der Waals surface area contributed by atoms with E-state index in [2.05, 4.69) is 0 Å². The van der Waals surface area contributed by atoms with Crippen LogP contribution in [0.25, 0.3) is 0 Å². The number of benzene rings is 1. The number of carbonyl (C=O) groups excluding carboxylic acids is 3. The predicted octanol–water partition coefficient (Wildman–Crippen LogP) is 4.49. The zero-order chi connectivity index (χ0) is 21.1. The molecule has 0 N–H and O–H groups in total. The summed E-state index contributed by atoms with van der Waals surface area (Å²) in [4.78, 5) is 39.1. The van der Waals surface area contributed by atoms with E-state index in [4.69, 9.17) is 9.47 Å². The van der Waals surface area contributed by atoms with Crippen molar-refractivity contribution in [1.82, 2.24) is 4.90 Å². The van der Waals surface area contributed by atoms with E-state index in [-0.39, 0.29) is 18.2 Å². The highest BCUT2D eigenvalue weighted by Crippen LogP contribution is 2.34. The first-order valence-electron chi connectivity index (χ1n) is 9.80. The Morgan fingerprint density at radius 2 is 1.79 bits per heavy atom. The number of nitrogens with zero attached hydrogens (tertiary/aromatic N) is 1. The molecular formula is C22H31NO5. The van der Waals surface area contributed by atoms with Gasteiger partial charge in [-0.2, -0.15) is 0 Å². The van der Waals surface area contributed by atoms with E-state index in [1.54, 1.807) is 27.7 Å². The Hall–Kier alpha value is -2.37. The van der Waals surface area contributed by atoms with Gasteiger partial charge in [0.15, 0.2) is 0 Å². The first-order chi connectivity index (χ1) is 13.0. The average molecular weight is 389 g/mol. The first-order valence-corrected chi connectivity index (χ1v) is 9.80. The van der Waals surface area contributed by atoms with Crippen LogP contribution < -0.4 is 0 Å². The van der Waals surface area contributed by atoms with Gasteiger partial charge in [-0.05, 0) is 45.6 Å². The fourth-order valence-electron chi connectivity index (χ4n) is 3.47. The second-order valence-electron chi connectivity index (χ2n) is 8.78. The summed E-state index contributed by atoms with van der Waals surface area (Å²) in [5.41, 5.74) is 0.215. The SMILES string of the molecule is CC(C)C[C@@H](CC(=O)OC(C)(C)C)C(=O)N1C(=O)OC(c2ccccc2)C1C. The lowest BCUT2D eigenvalue weighted by molar-refractivity contribution is -0.158. The van der Waals surface area contributed by atoms with Gasteiger partial charge in [0.1, 0.15) is 11.7 Å². The molecule has 1 aliphatic heterocycles. The minimum Gasteiger partial charge on any atom is -0.460 e. The predicted molar refractivity (Wildman–Crippen MR) is 105 cm³/mol. The number of carbonyl (C=O) groups is 3. The molecule has 3 atom stereocenters. The van der Waals surface area contributed by atoms with Crippen molar-refractivity contribution in [2.24, 2.45) is 11.8 Å². The lowest BCUT2D eigenvalue weighted by atomic mass is 9.92. The fraction of sp³-hybridized carbons (Fsp3) is 0.591. The van der Waals surface area contributed by atoms with Gasteiger partial charge in [-0.25, -0.2) is 9.69 Å². The van der Waals surface area contributed by atoms with E-state index in [9.17, 15) is 14.4 Å². The van der Waals surface area contributed by atoms with Crippen LogP contribution in [0.2, 0.25) is 0 Å². The third-order valence-corrected chi connectivity index (χ3v) is 4.57. The summed E-state index contributed by atoms with van der Waals surface area (Å²) in [6.45, 7) is 11.1. The smallest absolute Gasteiger partial charge is 0.417 e. The molecule has 0 bridgehead atoms. The Bertz CT molecular complexity index is 707. The molecule has 0 aromatic heterocycles. The highest BCUT2D eigenvalue weighted by atomic mass is 16.6. The Labute approximate surface area is 167 Å². The van der Waals surface area contributed by atoms with E-state index in [0.717, 1.165) is 10.5 Å². The van der Waals surface area contributed by atoms with Gasteiger partial charge in [0.05, 0.1) is 12.5 Å². The minimum atomic E-state index is -0.663. The molecule has 1 aromatic rings. The van der Waals surface area contributed by atoms with Gasteiger partial charge < -0.3 is 9.47 Å². The van der Waals surface area contributed by atoms with Crippen molar-refractivity contribution in [2.75, 3.05) is 0 Å². The van der Waals surface area contributed by atoms with Crippen LogP contribution in [-0.2, 0) is 19.1 Å². The third kappa shape index (κ3) is 5.57.